The first-order valence-electron chi connectivity index (χ1n) is 0.667. The Labute approximate surface area is 87.6 Å². The molecule has 4 nitrogen and oxygen atoms in total. The van der Waals surface area contributed by atoms with E-state index in [0.29, 0.717) is 0 Å². The van der Waals surface area contributed by atoms with Gasteiger partial charge in [-0.3, -0.25) is 0 Å². The summed E-state index contributed by atoms with van der Waals surface area (Å²) in [4.78, 5) is 0. The van der Waals surface area contributed by atoms with Crippen molar-refractivity contribution in [3.05, 3.63) is 0 Å². The van der Waals surface area contributed by atoms with Crippen LogP contribution in [0.25, 0.3) is 0 Å². The zero-order valence-electron chi connectivity index (χ0n) is 4.04. The summed E-state index contributed by atoms with van der Waals surface area (Å²) in [5, 5.41) is 8.52. The molecule has 0 spiro atoms. The molecule has 7 heteroatoms. The Kier molecular flexibility index (Phi) is 25.0. The van der Waals surface area contributed by atoms with Crippen LogP contribution in [-0.4, -0.2) is 8.76 Å². The van der Waals surface area contributed by atoms with E-state index in [1.54, 1.807) is 0 Å². The molecule has 0 aliphatic heterocycles. The van der Waals surface area contributed by atoms with E-state index in [-0.39, 0.29) is 59.1 Å². The fraction of sp³-hybridized carbons (Fsp3) is 0. The summed E-state index contributed by atoms with van der Waals surface area (Å²) in [5.74, 6) is 0. The van der Waals surface area contributed by atoms with Crippen LogP contribution < -0.4 is 64.4 Å². The molecule has 0 aromatic carbocycles. The van der Waals surface area contributed by atoms with Gasteiger partial charge in [-0.15, -0.1) is 0 Å². The Morgan fingerprint density at radius 2 is 1.57 bits per heavy atom. The molecule has 0 bridgehead atoms. The number of hydrogen-bond donors (Lipinski definition) is 0. The van der Waals surface area contributed by atoms with Crippen molar-refractivity contribution in [1.29, 1.82) is 0 Å². The summed E-state index contributed by atoms with van der Waals surface area (Å²) < 4.78 is 20.1. The van der Waals surface area contributed by atoms with E-state index in [0.717, 1.165) is 0 Å². The third-order valence-corrected chi connectivity index (χ3v) is 0.167. The van der Waals surface area contributed by atoms with Gasteiger partial charge in [-0.05, 0) is 0 Å². The van der Waals surface area contributed by atoms with Crippen LogP contribution in [0.3, 0.4) is 0 Å². The molecule has 1 atom stereocenters. The topological polar surface area (TPSA) is 72.4 Å². The maximum atomic E-state index is 8.83. The Morgan fingerprint density at radius 3 is 1.57 bits per heavy atom. The van der Waals surface area contributed by atoms with Crippen molar-refractivity contribution >= 4 is 11.4 Å². The molecular formula is Na2O4S. The van der Waals surface area contributed by atoms with E-state index in [9.17, 15) is 0 Å². The summed E-state index contributed by atoms with van der Waals surface area (Å²) in [5.41, 5.74) is 0. The first kappa shape index (κ1) is 16.0. The molecule has 7 heavy (non-hydrogen) atoms. The van der Waals surface area contributed by atoms with Gasteiger partial charge in [0.2, 0.25) is 0 Å². The van der Waals surface area contributed by atoms with Gasteiger partial charge in [0, 0.05) is 0 Å². The van der Waals surface area contributed by atoms with Crippen LogP contribution in [0.15, 0.2) is 0 Å². The van der Waals surface area contributed by atoms with Crippen LogP contribution >= 0.6 is 0 Å². The minimum atomic E-state index is -2.88. The maximum Gasteiger partial charge on any atom is 1.00 e. The zero-order valence-corrected chi connectivity index (χ0v) is 8.86. The molecule has 0 amide bonds. The van der Waals surface area contributed by atoms with Gasteiger partial charge in [0.05, 0.1) is 11.4 Å². The van der Waals surface area contributed by atoms with Gasteiger partial charge in [-0.2, -0.15) is 0 Å². The molecule has 0 aliphatic carbocycles. The fourth-order valence-electron chi connectivity index (χ4n) is 0. The van der Waals surface area contributed by atoms with Crippen molar-refractivity contribution in [2.45, 2.75) is 0 Å². The predicted molar refractivity (Wildman–Crippen MR) is 10.0 cm³/mol. The third-order valence-electron chi connectivity index (χ3n) is 0.0556. The van der Waals surface area contributed by atoms with E-state index < -0.39 is 11.4 Å². The molecule has 0 radical (unpaired) electrons. The molecule has 0 rings (SSSR count). The normalized spacial score (nSPS) is 10.6. The molecule has 0 fully saturated rings. The first-order chi connectivity index (χ1) is 2.27. The minimum absolute atomic E-state index is 0. The van der Waals surface area contributed by atoms with Gasteiger partial charge in [-0.1, -0.05) is 0 Å². The Hall–Kier alpha value is 2.03. The zero-order chi connectivity index (χ0) is 4.28. The van der Waals surface area contributed by atoms with Gasteiger partial charge in [0.15, 0.2) is 0 Å². The smallest absolute Gasteiger partial charge is 0.750 e. The second-order valence-electron chi connectivity index (χ2n) is 0.272. The average Bonchev–Trinajstić information content (AvgIpc) is 1.38. The van der Waals surface area contributed by atoms with Crippen molar-refractivity contribution in [2.24, 2.45) is 0 Å². The standard InChI is InChI=1S/2Na.H2O4S/c;;1-4-5(2)3/h;;1H,(H,2,3)/q2*+1;/p-2. The third kappa shape index (κ3) is 18.0. The van der Waals surface area contributed by atoms with E-state index in [1.165, 1.54) is 0 Å². The summed E-state index contributed by atoms with van der Waals surface area (Å²) in [6.07, 6.45) is 0. The van der Waals surface area contributed by atoms with Crippen molar-refractivity contribution in [2.75, 3.05) is 0 Å². The molecule has 32 valence electrons. The molecule has 0 N–H and O–H groups in total. The molecule has 0 aromatic heterocycles. The average molecular weight is 142 g/mol. The van der Waals surface area contributed by atoms with Crippen molar-refractivity contribution in [3.8, 4) is 0 Å². The van der Waals surface area contributed by atoms with E-state index in [1.807, 2.05) is 0 Å². The minimum Gasteiger partial charge on any atom is -0.750 e. The first-order valence-corrected chi connectivity index (χ1v) is 1.67. The van der Waals surface area contributed by atoms with Crippen LogP contribution in [0.1, 0.15) is 0 Å². The van der Waals surface area contributed by atoms with E-state index in [4.69, 9.17) is 14.0 Å². The molecule has 0 aromatic rings. The van der Waals surface area contributed by atoms with Crippen LogP contribution in [0.2, 0.25) is 0 Å². The molecular weight excluding hydrogens is 142 g/mol. The quantitative estimate of drug-likeness (QED) is 0.158. The molecule has 1 unspecified atom stereocenters. The summed E-state index contributed by atoms with van der Waals surface area (Å²) in [6.45, 7) is 0. The Bertz CT molecular complexity index is 45.0. The summed E-state index contributed by atoms with van der Waals surface area (Å²) >= 11 is -2.88. The van der Waals surface area contributed by atoms with Gasteiger partial charge in [-0.25, -0.2) is 4.21 Å². The van der Waals surface area contributed by atoms with Crippen LogP contribution in [0.4, 0.5) is 0 Å². The van der Waals surface area contributed by atoms with Crippen molar-refractivity contribution < 1.29 is 77.5 Å². The van der Waals surface area contributed by atoms with Gasteiger partial charge < -0.3 is 14.1 Å². The van der Waals surface area contributed by atoms with Crippen LogP contribution in [-0.2, 0) is 15.7 Å². The molecule has 0 aliphatic rings. The second kappa shape index (κ2) is 10.9. The SMILES string of the molecule is O=S([O-])O[O-].[Na+].[Na+]. The van der Waals surface area contributed by atoms with Gasteiger partial charge in [0.1, 0.15) is 0 Å². The summed E-state index contributed by atoms with van der Waals surface area (Å²) in [6, 6.07) is 0. The van der Waals surface area contributed by atoms with Gasteiger partial charge >= 0.3 is 59.1 Å². The Morgan fingerprint density at radius 1 is 1.43 bits per heavy atom. The van der Waals surface area contributed by atoms with Gasteiger partial charge in [0.25, 0.3) is 0 Å². The fourth-order valence-corrected chi connectivity index (χ4v) is 0. The molecule has 0 saturated carbocycles. The predicted octanol–water partition coefficient (Wildman–Crippen LogP) is -7.92. The monoisotopic (exact) mass is 142 g/mol. The Balaban J connectivity index is -0.0000000800. The van der Waals surface area contributed by atoms with Crippen LogP contribution in [0.5, 0.6) is 0 Å². The summed E-state index contributed by atoms with van der Waals surface area (Å²) in [7, 11) is 0. The largest absolute Gasteiger partial charge is 1.00 e. The molecule has 0 saturated heterocycles. The van der Waals surface area contributed by atoms with Crippen LogP contribution in [0, 0.1) is 0 Å². The molecule has 0 heterocycles. The van der Waals surface area contributed by atoms with E-state index in [2.05, 4.69) is 4.33 Å². The van der Waals surface area contributed by atoms with Crippen molar-refractivity contribution in [3.63, 3.8) is 0 Å². The van der Waals surface area contributed by atoms with Crippen molar-refractivity contribution in [1.82, 2.24) is 0 Å². The number of hydrogen-bond acceptors (Lipinski definition) is 4. The maximum absolute atomic E-state index is 8.83. The van der Waals surface area contributed by atoms with E-state index >= 15 is 0 Å². The number of rotatable bonds is 1. The second-order valence-corrected chi connectivity index (χ2v) is 0.816.